The monoisotopic (exact) mass is 583 g/mol. The lowest BCUT2D eigenvalue weighted by molar-refractivity contribution is 0.795. The normalized spacial score (nSPS) is 15.5. The molecule has 45 heavy (non-hydrogen) atoms. The van der Waals surface area contributed by atoms with Crippen molar-refractivity contribution in [3.05, 3.63) is 168 Å². The zero-order chi connectivity index (χ0) is 30.2. The molecule has 8 rings (SSSR count). The molecular formula is C40H33N5. The number of rotatable bonds is 6. The average molecular weight is 584 g/mol. The number of anilines is 5. The molecule has 0 radical (unpaired) electrons. The summed E-state index contributed by atoms with van der Waals surface area (Å²) < 4.78 is 0. The third-order valence-electron chi connectivity index (χ3n) is 8.70. The maximum atomic E-state index is 4.87. The Morgan fingerprint density at radius 1 is 0.600 bits per heavy atom. The van der Waals surface area contributed by atoms with Crippen LogP contribution in [0.15, 0.2) is 151 Å². The topological polar surface area (TPSA) is 51.7 Å². The van der Waals surface area contributed by atoms with Gasteiger partial charge in [-0.05, 0) is 65.4 Å². The van der Waals surface area contributed by atoms with Crippen LogP contribution in [0, 0.1) is 6.92 Å². The Kier molecular flexibility index (Phi) is 6.76. The van der Waals surface area contributed by atoms with Crippen molar-refractivity contribution in [2.45, 2.75) is 19.1 Å². The quantitative estimate of drug-likeness (QED) is 0.183. The maximum Gasteiger partial charge on any atom is 0.123 e. The van der Waals surface area contributed by atoms with Gasteiger partial charge in [0.15, 0.2) is 0 Å². The molecule has 6 aromatic carbocycles. The molecule has 2 aliphatic rings. The van der Waals surface area contributed by atoms with Crippen molar-refractivity contribution < 1.29 is 0 Å². The summed E-state index contributed by atoms with van der Waals surface area (Å²) in [6.45, 7) is 2.17. The molecule has 0 saturated carbocycles. The minimum absolute atomic E-state index is 0.0201. The Labute approximate surface area is 263 Å². The average Bonchev–Trinajstić information content (AvgIpc) is 3.55. The van der Waals surface area contributed by atoms with Gasteiger partial charge >= 0.3 is 0 Å². The molecular weight excluding hydrogens is 550 g/mol. The summed E-state index contributed by atoms with van der Waals surface area (Å²) >= 11 is 0. The smallest absolute Gasteiger partial charge is 0.123 e. The number of aryl methyl sites for hydroxylation is 1. The number of para-hydroxylation sites is 3. The zero-order valence-corrected chi connectivity index (χ0v) is 25.0. The van der Waals surface area contributed by atoms with Gasteiger partial charge in [-0.3, -0.25) is 4.99 Å². The largest absolute Gasteiger partial charge is 0.377 e. The number of nitrogens with one attached hydrogen (secondary N) is 3. The summed E-state index contributed by atoms with van der Waals surface area (Å²) in [6, 6.07) is 49.3. The van der Waals surface area contributed by atoms with E-state index in [1.165, 1.54) is 27.5 Å². The van der Waals surface area contributed by atoms with Crippen LogP contribution in [0.2, 0.25) is 0 Å². The van der Waals surface area contributed by atoms with Crippen LogP contribution in [0.1, 0.15) is 34.5 Å². The number of hydrogen-bond acceptors (Lipinski definition) is 5. The Morgan fingerprint density at radius 2 is 1.24 bits per heavy atom. The van der Waals surface area contributed by atoms with E-state index >= 15 is 0 Å². The minimum Gasteiger partial charge on any atom is -0.377 e. The van der Waals surface area contributed by atoms with E-state index in [0.717, 1.165) is 39.7 Å². The number of benzene rings is 6. The van der Waals surface area contributed by atoms with E-state index in [1.54, 1.807) is 0 Å². The Morgan fingerprint density at radius 3 is 1.98 bits per heavy atom. The van der Waals surface area contributed by atoms with E-state index in [-0.39, 0.29) is 12.2 Å². The Bertz CT molecular complexity index is 2030. The predicted octanol–water partition coefficient (Wildman–Crippen LogP) is 9.87. The second-order valence-electron chi connectivity index (χ2n) is 11.6. The van der Waals surface area contributed by atoms with Crippen molar-refractivity contribution >= 4 is 51.1 Å². The molecule has 218 valence electrons. The highest BCUT2D eigenvalue weighted by molar-refractivity contribution is 5.99. The fraction of sp³-hybridized carbons (Fsp3) is 0.0750. The van der Waals surface area contributed by atoms with Gasteiger partial charge in [0.05, 0.1) is 28.8 Å². The summed E-state index contributed by atoms with van der Waals surface area (Å²) in [6.07, 6.45) is 4.09. The summed E-state index contributed by atoms with van der Waals surface area (Å²) in [5.41, 5.74) is 11.3. The second-order valence-corrected chi connectivity index (χ2v) is 11.6. The fourth-order valence-corrected chi connectivity index (χ4v) is 6.30. The highest BCUT2D eigenvalue weighted by Gasteiger charge is 2.21. The first-order valence-corrected chi connectivity index (χ1v) is 15.4. The SMILES string of the molecule is Cc1ccccc1N(c1ccc(C2=CNC(c3ccc(C4Nc5ccccc5N4)cc3)C=N2)cc1)c1cccc2ccccc12. The standard InChI is InChI=1S/C40H33N5/c1-27-9-2-7-15-38(27)45(39-16-8-11-28-10-3-4-12-33(28)39)32-23-21-30(22-24-32)37-26-41-36(25-42-37)29-17-19-31(20-18-29)40-43-34-13-5-6-14-35(34)44-40/h2-26,36,40-41,43-44H,1H3. The second kappa shape index (κ2) is 11.4. The Balaban J connectivity index is 1.02. The van der Waals surface area contributed by atoms with Crippen LogP contribution in [0.5, 0.6) is 0 Å². The van der Waals surface area contributed by atoms with Gasteiger partial charge < -0.3 is 20.9 Å². The van der Waals surface area contributed by atoms with Crippen LogP contribution in [0.4, 0.5) is 28.4 Å². The van der Waals surface area contributed by atoms with Crippen molar-refractivity contribution in [2.24, 2.45) is 4.99 Å². The van der Waals surface area contributed by atoms with Crippen LogP contribution in [0.3, 0.4) is 0 Å². The number of fused-ring (bicyclic) bond motifs is 2. The molecule has 0 spiro atoms. The summed E-state index contributed by atoms with van der Waals surface area (Å²) in [4.78, 5) is 7.22. The third-order valence-corrected chi connectivity index (χ3v) is 8.70. The lowest BCUT2D eigenvalue weighted by Gasteiger charge is -2.28. The third kappa shape index (κ3) is 5.08. The highest BCUT2D eigenvalue weighted by atomic mass is 15.2. The van der Waals surface area contributed by atoms with Crippen molar-refractivity contribution in [1.29, 1.82) is 0 Å². The molecule has 3 N–H and O–H groups in total. The molecule has 0 fully saturated rings. The molecule has 0 bridgehead atoms. The van der Waals surface area contributed by atoms with Crippen molar-refractivity contribution in [3.63, 3.8) is 0 Å². The van der Waals surface area contributed by atoms with Crippen LogP contribution in [0.25, 0.3) is 16.5 Å². The van der Waals surface area contributed by atoms with Gasteiger partial charge in [-0.25, -0.2) is 0 Å². The van der Waals surface area contributed by atoms with E-state index in [1.807, 2.05) is 12.4 Å². The molecule has 0 aliphatic carbocycles. The van der Waals surface area contributed by atoms with E-state index in [9.17, 15) is 0 Å². The lowest BCUT2D eigenvalue weighted by Crippen LogP contribution is -2.20. The fourth-order valence-electron chi connectivity index (χ4n) is 6.30. The maximum absolute atomic E-state index is 4.87. The van der Waals surface area contributed by atoms with Crippen molar-refractivity contribution in [2.75, 3.05) is 15.5 Å². The molecule has 0 aromatic heterocycles. The molecule has 6 aromatic rings. The number of aliphatic imine (C=N–C) groups is 1. The molecule has 0 amide bonds. The first kappa shape index (κ1) is 26.8. The van der Waals surface area contributed by atoms with Gasteiger partial charge in [0.2, 0.25) is 0 Å². The van der Waals surface area contributed by atoms with Crippen LogP contribution in [-0.2, 0) is 0 Å². The highest BCUT2D eigenvalue weighted by Crippen LogP contribution is 2.41. The van der Waals surface area contributed by atoms with Gasteiger partial charge in [-0.15, -0.1) is 0 Å². The zero-order valence-electron chi connectivity index (χ0n) is 25.0. The summed E-state index contributed by atoms with van der Waals surface area (Å²) in [5, 5.41) is 13.1. The molecule has 5 heteroatoms. The Hall–Kier alpha value is -5.81. The predicted molar refractivity (Wildman–Crippen MR) is 189 cm³/mol. The molecule has 1 unspecified atom stereocenters. The van der Waals surface area contributed by atoms with Gasteiger partial charge in [-0.1, -0.05) is 103 Å². The van der Waals surface area contributed by atoms with Crippen LogP contribution in [-0.4, -0.2) is 6.21 Å². The van der Waals surface area contributed by atoms with E-state index < -0.39 is 0 Å². The molecule has 0 saturated heterocycles. The first-order chi connectivity index (χ1) is 22.2. The first-order valence-electron chi connectivity index (χ1n) is 15.4. The van der Waals surface area contributed by atoms with Crippen LogP contribution < -0.4 is 20.9 Å². The van der Waals surface area contributed by atoms with Gasteiger partial charge in [-0.2, -0.15) is 0 Å². The minimum atomic E-state index is 0.0201. The van der Waals surface area contributed by atoms with Gasteiger partial charge in [0.1, 0.15) is 6.17 Å². The molecule has 1 atom stereocenters. The van der Waals surface area contributed by atoms with Gasteiger partial charge in [0, 0.05) is 34.7 Å². The van der Waals surface area contributed by atoms with E-state index in [0.29, 0.717) is 0 Å². The molecule has 5 nitrogen and oxygen atoms in total. The molecule has 2 aliphatic heterocycles. The van der Waals surface area contributed by atoms with Crippen molar-refractivity contribution in [3.8, 4) is 0 Å². The lowest BCUT2D eigenvalue weighted by atomic mass is 10.0. The van der Waals surface area contributed by atoms with Gasteiger partial charge in [0.25, 0.3) is 0 Å². The number of nitrogens with zero attached hydrogens (tertiary/aromatic N) is 2. The van der Waals surface area contributed by atoms with E-state index in [2.05, 4.69) is 167 Å². The summed E-state index contributed by atoms with van der Waals surface area (Å²) in [5.74, 6) is 0. The van der Waals surface area contributed by atoms with Crippen molar-refractivity contribution in [1.82, 2.24) is 5.32 Å². The summed E-state index contributed by atoms with van der Waals surface area (Å²) in [7, 11) is 0. The van der Waals surface area contributed by atoms with Crippen LogP contribution >= 0.6 is 0 Å². The molecule has 2 heterocycles. The number of hydrogen-bond donors (Lipinski definition) is 3. The van der Waals surface area contributed by atoms with E-state index in [4.69, 9.17) is 4.99 Å².